The van der Waals surface area contributed by atoms with E-state index in [2.05, 4.69) is 30.7 Å². The number of benzene rings is 2. The van der Waals surface area contributed by atoms with Gasteiger partial charge >= 0.3 is 12.1 Å². The van der Waals surface area contributed by atoms with Crippen molar-refractivity contribution in [3.63, 3.8) is 0 Å². The zero-order valence-electron chi connectivity index (χ0n) is 20.2. The second-order valence-electron chi connectivity index (χ2n) is 7.77. The highest BCUT2D eigenvalue weighted by atomic mass is 19.4. The molecule has 3 N–H and O–H groups in total. The van der Waals surface area contributed by atoms with E-state index in [1.807, 2.05) is 38.1 Å². The number of hydrogen-bond donors (Lipinski definition) is 3. The first-order chi connectivity index (χ1) is 17.8. The summed E-state index contributed by atoms with van der Waals surface area (Å²) in [5, 5.41) is 17.2. The summed E-state index contributed by atoms with van der Waals surface area (Å²) in [6.07, 6.45) is -3.50. The van der Waals surface area contributed by atoms with Crippen LogP contribution in [0.1, 0.15) is 18.6 Å². The van der Waals surface area contributed by atoms with E-state index in [0.29, 0.717) is 28.7 Å². The van der Waals surface area contributed by atoms with E-state index in [4.69, 9.17) is 9.90 Å². The number of carbonyl (C=O) groups excluding carboxylic acids is 1. The molecular formula is C24H21F4N7O3. The molecule has 0 bridgehead atoms. The number of rotatable bonds is 5. The fourth-order valence-electron chi connectivity index (χ4n) is 3.17. The lowest BCUT2D eigenvalue weighted by atomic mass is 10.1. The van der Waals surface area contributed by atoms with Crippen molar-refractivity contribution in [3.05, 3.63) is 72.2 Å². The number of aryl methyl sites for hydroxylation is 2. The molecule has 0 saturated heterocycles. The molecule has 4 aromatic rings. The average Bonchev–Trinajstić information content (AvgIpc) is 3.16. The monoisotopic (exact) mass is 531 g/mol. The van der Waals surface area contributed by atoms with E-state index in [0.717, 1.165) is 17.2 Å². The van der Waals surface area contributed by atoms with E-state index < -0.39 is 18.0 Å². The Bertz CT molecular complexity index is 1450. The maximum Gasteiger partial charge on any atom is 0.490 e. The number of alkyl halides is 3. The standard InChI is InChI=1S/C22H20FN7O.C2HF3O2/c1-13-25-14(2)30(29-13)20-6-4-18(5-7-20)27-22-24-9-8-21(28-22)16-10-17(23)12-19(11-16)26-15(3)31;3-2(4,5)1(6)7/h4-12H,1-3H3,(H,26,31)(H,24,27,28);(H,6,7). The summed E-state index contributed by atoms with van der Waals surface area (Å²) in [6, 6.07) is 13.6. The molecule has 0 fully saturated rings. The Kier molecular flexibility index (Phi) is 8.35. The lowest BCUT2D eigenvalue weighted by Gasteiger charge is -2.09. The van der Waals surface area contributed by atoms with Gasteiger partial charge in [0.1, 0.15) is 17.5 Å². The molecule has 4 rings (SSSR count). The number of carbonyl (C=O) groups is 2. The van der Waals surface area contributed by atoms with Crippen LogP contribution in [0.15, 0.2) is 54.7 Å². The molecule has 2 aromatic heterocycles. The Morgan fingerprint density at radius 3 is 2.18 bits per heavy atom. The molecule has 10 nitrogen and oxygen atoms in total. The van der Waals surface area contributed by atoms with Gasteiger partial charge in [-0.15, -0.1) is 0 Å². The molecule has 0 unspecified atom stereocenters. The van der Waals surface area contributed by atoms with Crippen molar-refractivity contribution in [3.8, 4) is 16.9 Å². The summed E-state index contributed by atoms with van der Waals surface area (Å²) < 4.78 is 47.5. The van der Waals surface area contributed by atoms with E-state index in [-0.39, 0.29) is 5.91 Å². The highest BCUT2D eigenvalue weighted by Gasteiger charge is 2.38. The molecule has 0 aliphatic rings. The van der Waals surface area contributed by atoms with E-state index in [1.54, 1.807) is 23.0 Å². The molecule has 0 aliphatic heterocycles. The van der Waals surface area contributed by atoms with Crippen molar-refractivity contribution in [1.29, 1.82) is 0 Å². The minimum Gasteiger partial charge on any atom is -0.475 e. The molecule has 2 heterocycles. The van der Waals surface area contributed by atoms with Crippen molar-refractivity contribution in [2.24, 2.45) is 0 Å². The van der Waals surface area contributed by atoms with Crippen LogP contribution in [0.4, 0.5) is 34.9 Å². The predicted octanol–water partition coefficient (Wildman–Crippen LogP) is 4.82. The van der Waals surface area contributed by atoms with Crippen molar-refractivity contribution < 1.29 is 32.3 Å². The highest BCUT2D eigenvalue weighted by molar-refractivity contribution is 5.89. The SMILES string of the molecule is CC(=O)Nc1cc(F)cc(-c2ccnc(Nc3ccc(-n4nc(C)nc4C)cc3)n2)c1.O=C(O)C(F)(F)F. The van der Waals surface area contributed by atoms with Gasteiger partial charge < -0.3 is 15.7 Å². The summed E-state index contributed by atoms with van der Waals surface area (Å²) in [7, 11) is 0. The van der Waals surface area contributed by atoms with E-state index in [9.17, 15) is 22.4 Å². The molecule has 0 radical (unpaired) electrons. The first kappa shape index (κ1) is 27.7. The third kappa shape index (κ3) is 7.56. The maximum absolute atomic E-state index is 14.0. The van der Waals surface area contributed by atoms with Crippen molar-refractivity contribution in [2.75, 3.05) is 10.6 Å². The number of aromatic nitrogens is 5. The predicted molar refractivity (Wildman–Crippen MR) is 130 cm³/mol. The first-order valence-electron chi connectivity index (χ1n) is 10.8. The number of hydrogen-bond acceptors (Lipinski definition) is 7. The first-order valence-corrected chi connectivity index (χ1v) is 10.8. The van der Waals surface area contributed by atoms with Crippen LogP contribution < -0.4 is 10.6 Å². The van der Waals surface area contributed by atoms with Crippen LogP contribution in [0.5, 0.6) is 0 Å². The molecule has 0 aliphatic carbocycles. The second-order valence-corrected chi connectivity index (χ2v) is 7.77. The lowest BCUT2D eigenvalue weighted by molar-refractivity contribution is -0.192. The zero-order valence-corrected chi connectivity index (χ0v) is 20.2. The third-order valence-electron chi connectivity index (χ3n) is 4.65. The van der Waals surface area contributed by atoms with Gasteiger partial charge in [0.25, 0.3) is 0 Å². The molecule has 198 valence electrons. The summed E-state index contributed by atoms with van der Waals surface area (Å²) in [6.45, 7) is 5.12. The number of nitrogens with zero attached hydrogens (tertiary/aromatic N) is 5. The topological polar surface area (TPSA) is 135 Å². The quantitative estimate of drug-likeness (QED) is 0.312. The van der Waals surface area contributed by atoms with Crippen LogP contribution >= 0.6 is 0 Å². The molecule has 2 aromatic carbocycles. The number of nitrogens with one attached hydrogen (secondary N) is 2. The molecule has 14 heteroatoms. The molecule has 0 saturated carbocycles. The smallest absolute Gasteiger partial charge is 0.475 e. The summed E-state index contributed by atoms with van der Waals surface area (Å²) in [5.74, 6) is -1.62. The van der Waals surface area contributed by atoms with Gasteiger partial charge in [-0.3, -0.25) is 4.79 Å². The van der Waals surface area contributed by atoms with E-state index in [1.165, 1.54) is 19.1 Å². The Hall–Kier alpha value is -4.88. The number of anilines is 3. The van der Waals surface area contributed by atoms with Gasteiger partial charge in [-0.05, 0) is 62.4 Å². The highest BCUT2D eigenvalue weighted by Crippen LogP contribution is 2.24. The zero-order chi connectivity index (χ0) is 28.0. The van der Waals surface area contributed by atoms with Crippen LogP contribution in [0.25, 0.3) is 16.9 Å². The van der Waals surface area contributed by atoms with Crippen LogP contribution in [-0.2, 0) is 9.59 Å². The van der Waals surface area contributed by atoms with Crippen molar-refractivity contribution >= 4 is 29.2 Å². The Labute approximate surface area is 213 Å². The number of aliphatic carboxylic acids is 1. The van der Waals surface area contributed by atoms with Gasteiger partial charge in [0.05, 0.1) is 11.4 Å². The van der Waals surface area contributed by atoms with Crippen LogP contribution in [0, 0.1) is 19.7 Å². The van der Waals surface area contributed by atoms with Gasteiger partial charge in [0.15, 0.2) is 0 Å². The Morgan fingerprint density at radius 1 is 0.974 bits per heavy atom. The van der Waals surface area contributed by atoms with Crippen LogP contribution in [-0.4, -0.2) is 47.9 Å². The number of carboxylic acid groups (broad SMARTS) is 1. The molecular weight excluding hydrogens is 510 g/mol. The largest absolute Gasteiger partial charge is 0.490 e. The fourth-order valence-corrected chi connectivity index (χ4v) is 3.17. The molecule has 38 heavy (non-hydrogen) atoms. The van der Waals surface area contributed by atoms with Gasteiger partial charge in [-0.1, -0.05) is 0 Å². The van der Waals surface area contributed by atoms with Gasteiger partial charge in [-0.25, -0.2) is 28.8 Å². The normalized spacial score (nSPS) is 10.8. The molecule has 1 amide bonds. The summed E-state index contributed by atoms with van der Waals surface area (Å²) >= 11 is 0. The van der Waals surface area contributed by atoms with Crippen LogP contribution in [0.2, 0.25) is 0 Å². The lowest BCUT2D eigenvalue weighted by Crippen LogP contribution is -2.21. The summed E-state index contributed by atoms with van der Waals surface area (Å²) in [4.78, 5) is 33.2. The average molecular weight is 531 g/mol. The Balaban J connectivity index is 0.000000505. The number of amides is 1. The van der Waals surface area contributed by atoms with Crippen molar-refractivity contribution in [2.45, 2.75) is 26.9 Å². The van der Waals surface area contributed by atoms with Gasteiger partial charge in [0.2, 0.25) is 11.9 Å². The molecule has 0 atom stereocenters. The fraction of sp³-hybridized carbons (Fsp3) is 0.167. The summed E-state index contributed by atoms with van der Waals surface area (Å²) in [5.41, 5.74) is 3.09. The minimum absolute atomic E-state index is 0.277. The van der Waals surface area contributed by atoms with E-state index >= 15 is 0 Å². The van der Waals surface area contributed by atoms with Gasteiger partial charge in [-0.2, -0.15) is 18.3 Å². The van der Waals surface area contributed by atoms with Gasteiger partial charge in [0, 0.05) is 30.1 Å². The maximum atomic E-state index is 14.0. The minimum atomic E-state index is -5.08. The number of carboxylic acids is 1. The number of halogens is 4. The third-order valence-corrected chi connectivity index (χ3v) is 4.65. The molecule has 0 spiro atoms. The Morgan fingerprint density at radius 2 is 1.63 bits per heavy atom. The van der Waals surface area contributed by atoms with Crippen molar-refractivity contribution in [1.82, 2.24) is 24.7 Å². The second kappa shape index (κ2) is 11.5. The van der Waals surface area contributed by atoms with Crippen LogP contribution in [0.3, 0.4) is 0 Å².